The van der Waals surface area contributed by atoms with Crippen molar-refractivity contribution in [1.29, 1.82) is 0 Å². The minimum atomic E-state index is -0.347. The Bertz CT molecular complexity index is 790. The fraction of sp³-hybridized carbons (Fsp3) is 0.591. The lowest BCUT2D eigenvalue weighted by atomic mass is 9.96. The number of fused-ring (bicyclic) bond motifs is 1. The SMILES string of the molecule is O=C1NC(C2CCCCN2Cc2ccccc2)N=C2C1C=NN2C1CCOCC1. The number of nitrogens with one attached hydrogen (secondary N) is 1. The summed E-state index contributed by atoms with van der Waals surface area (Å²) in [5.41, 5.74) is 1.31. The van der Waals surface area contributed by atoms with Crippen molar-refractivity contribution < 1.29 is 9.53 Å². The highest BCUT2D eigenvalue weighted by Crippen LogP contribution is 2.29. The molecule has 154 valence electrons. The number of aliphatic imine (C=N–C) groups is 1. The van der Waals surface area contributed by atoms with Gasteiger partial charge in [0.2, 0.25) is 5.91 Å². The van der Waals surface area contributed by atoms with Crippen LogP contribution in [0.2, 0.25) is 0 Å². The van der Waals surface area contributed by atoms with Gasteiger partial charge in [0, 0.05) is 26.0 Å². The van der Waals surface area contributed by atoms with E-state index in [2.05, 4.69) is 45.6 Å². The van der Waals surface area contributed by atoms with E-state index in [9.17, 15) is 4.79 Å². The molecule has 5 rings (SSSR count). The van der Waals surface area contributed by atoms with E-state index in [0.29, 0.717) is 0 Å². The van der Waals surface area contributed by atoms with Crippen molar-refractivity contribution in [3.63, 3.8) is 0 Å². The Kier molecular flexibility index (Phi) is 5.33. The van der Waals surface area contributed by atoms with Crippen LogP contribution in [0.25, 0.3) is 0 Å². The van der Waals surface area contributed by atoms with Crippen LogP contribution in [0.15, 0.2) is 40.4 Å². The molecule has 1 N–H and O–H groups in total. The van der Waals surface area contributed by atoms with Crippen LogP contribution >= 0.6 is 0 Å². The summed E-state index contributed by atoms with van der Waals surface area (Å²) >= 11 is 0. The first kappa shape index (κ1) is 18.8. The number of carbonyl (C=O) groups is 1. The second kappa shape index (κ2) is 8.24. The van der Waals surface area contributed by atoms with Crippen LogP contribution in [0.3, 0.4) is 0 Å². The predicted molar refractivity (Wildman–Crippen MR) is 112 cm³/mol. The number of hydrazone groups is 1. The number of benzene rings is 1. The topological polar surface area (TPSA) is 69.5 Å². The van der Waals surface area contributed by atoms with Crippen LogP contribution in [0.4, 0.5) is 0 Å². The monoisotopic (exact) mass is 395 g/mol. The van der Waals surface area contributed by atoms with Crippen LogP contribution in [0.5, 0.6) is 0 Å². The van der Waals surface area contributed by atoms with E-state index in [0.717, 1.165) is 51.4 Å². The van der Waals surface area contributed by atoms with Gasteiger partial charge < -0.3 is 10.1 Å². The average molecular weight is 396 g/mol. The standard InChI is InChI=1S/C22H29N5O2/c28-22-18-14-23-27(17-9-12-29-13-10-17)21(18)24-20(25-22)19-8-4-5-11-26(19)15-16-6-2-1-3-7-16/h1-3,6-7,14,17-20H,4-5,8-13,15H2,(H,25,28). The molecule has 7 heteroatoms. The number of carbonyl (C=O) groups excluding carboxylic acids is 1. The molecule has 1 aromatic rings. The lowest BCUT2D eigenvalue weighted by Gasteiger charge is -2.41. The van der Waals surface area contributed by atoms with Crippen LogP contribution in [0, 0.1) is 5.92 Å². The molecule has 0 aliphatic carbocycles. The van der Waals surface area contributed by atoms with E-state index in [1.807, 2.05) is 5.01 Å². The molecule has 0 radical (unpaired) electrons. The molecular weight excluding hydrogens is 366 g/mol. The van der Waals surface area contributed by atoms with Gasteiger partial charge in [-0.15, -0.1) is 0 Å². The fourth-order valence-corrected chi connectivity index (χ4v) is 4.92. The van der Waals surface area contributed by atoms with E-state index in [1.54, 1.807) is 6.21 Å². The van der Waals surface area contributed by atoms with Gasteiger partial charge in [0.15, 0.2) is 0 Å². The van der Waals surface area contributed by atoms with Crippen LogP contribution in [0.1, 0.15) is 37.7 Å². The number of rotatable bonds is 4. The molecule has 4 aliphatic heterocycles. The summed E-state index contributed by atoms with van der Waals surface area (Å²) in [5.74, 6) is 0.514. The maximum Gasteiger partial charge on any atom is 0.238 e. The first-order valence-electron chi connectivity index (χ1n) is 10.9. The van der Waals surface area contributed by atoms with E-state index in [-0.39, 0.29) is 30.1 Å². The molecule has 0 aromatic heterocycles. The Morgan fingerprint density at radius 2 is 1.93 bits per heavy atom. The molecule has 1 aromatic carbocycles. The zero-order valence-electron chi connectivity index (χ0n) is 16.7. The molecule has 2 fully saturated rings. The fourth-order valence-electron chi connectivity index (χ4n) is 4.92. The lowest BCUT2D eigenvalue weighted by Crippen LogP contribution is -2.58. The normalized spacial score (nSPS) is 30.8. The molecule has 0 spiro atoms. The third-order valence-electron chi connectivity index (χ3n) is 6.49. The maximum atomic E-state index is 12.9. The van der Waals surface area contributed by atoms with Crippen molar-refractivity contribution in [1.82, 2.24) is 15.2 Å². The summed E-state index contributed by atoms with van der Waals surface area (Å²) in [4.78, 5) is 20.4. The summed E-state index contributed by atoms with van der Waals surface area (Å²) in [6.07, 6.45) is 6.83. The number of amides is 1. The Morgan fingerprint density at radius 3 is 2.76 bits per heavy atom. The molecule has 0 saturated carbocycles. The lowest BCUT2D eigenvalue weighted by molar-refractivity contribution is -0.123. The van der Waals surface area contributed by atoms with Gasteiger partial charge in [-0.2, -0.15) is 5.10 Å². The minimum Gasteiger partial charge on any atom is -0.381 e. The number of hydrogen-bond acceptors (Lipinski definition) is 6. The van der Waals surface area contributed by atoms with Gasteiger partial charge in [-0.1, -0.05) is 36.8 Å². The second-order valence-corrected chi connectivity index (χ2v) is 8.39. The van der Waals surface area contributed by atoms with Gasteiger partial charge in [0.05, 0.1) is 12.1 Å². The summed E-state index contributed by atoms with van der Waals surface area (Å²) in [7, 11) is 0. The van der Waals surface area contributed by atoms with Crippen molar-refractivity contribution in [2.45, 2.75) is 56.9 Å². The van der Waals surface area contributed by atoms with Crippen LogP contribution < -0.4 is 5.32 Å². The summed E-state index contributed by atoms with van der Waals surface area (Å²) in [6, 6.07) is 11.1. The third kappa shape index (κ3) is 3.81. The maximum absolute atomic E-state index is 12.9. The number of ether oxygens (including phenoxy) is 1. The van der Waals surface area contributed by atoms with Crippen molar-refractivity contribution in [2.24, 2.45) is 16.0 Å². The largest absolute Gasteiger partial charge is 0.381 e. The highest BCUT2D eigenvalue weighted by molar-refractivity contribution is 6.18. The Morgan fingerprint density at radius 1 is 1.10 bits per heavy atom. The zero-order chi connectivity index (χ0) is 19.6. The van der Waals surface area contributed by atoms with Gasteiger partial charge in [0.1, 0.15) is 17.9 Å². The van der Waals surface area contributed by atoms with E-state index in [4.69, 9.17) is 9.73 Å². The van der Waals surface area contributed by atoms with Crippen molar-refractivity contribution in [3.05, 3.63) is 35.9 Å². The quantitative estimate of drug-likeness (QED) is 0.847. The Hall–Kier alpha value is -2.25. The molecule has 29 heavy (non-hydrogen) atoms. The zero-order valence-corrected chi connectivity index (χ0v) is 16.7. The summed E-state index contributed by atoms with van der Waals surface area (Å²) in [5, 5.41) is 9.76. The van der Waals surface area contributed by atoms with Crippen molar-refractivity contribution in [3.8, 4) is 0 Å². The van der Waals surface area contributed by atoms with E-state index < -0.39 is 0 Å². The average Bonchev–Trinajstić information content (AvgIpc) is 3.20. The van der Waals surface area contributed by atoms with Gasteiger partial charge in [-0.3, -0.25) is 9.69 Å². The first-order chi connectivity index (χ1) is 14.3. The highest BCUT2D eigenvalue weighted by Gasteiger charge is 2.43. The molecule has 3 unspecified atom stereocenters. The van der Waals surface area contributed by atoms with Gasteiger partial charge >= 0.3 is 0 Å². The molecule has 2 saturated heterocycles. The molecular formula is C22H29N5O2. The second-order valence-electron chi connectivity index (χ2n) is 8.39. The van der Waals surface area contributed by atoms with Gasteiger partial charge in [0.25, 0.3) is 0 Å². The number of hydrogen-bond donors (Lipinski definition) is 1. The highest BCUT2D eigenvalue weighted by atomic mass is 16.5. The first-order valence-corrected chi connectivity index (χ1v) is 10.9. The number of piperidine rings is 1. The van der Waals surface area contributed by atoms with Crippen molar-refractivity contribution in [2.75, 3.05) is 19.8 Å². The van der Waals surface area contributed by atoms with E-state index >= 15 is 0 Å². The molecule has 1 amide bonds. The molecule has 7 nitrogen and oxygen atoms in total. The number of nitrogens with zero attached hydrogens (tertiary/aromatic N) is 4. The number of likely N-dealkylation sites (tertiary alicyclic amines) is 1. The van der Waals surface area contributed by atoms with E-state index in [1.165, 1.54) is 18.4 Å². The van der Waals surface area contributed by atoms with Gasteiger partial charge in [-0.25, -0.2) is 10.0 Å². The predicted octanol–water partition coefficient (Wildman–Crippen LogP) is 1.99. The van der Waals surface area contributed by atoms with Crippen LogP contribution in [-0.2, 0) is 16.1 Å². The van der Waals surface area contributed by atoms with Crippen LogP contribution in [-0.4, -0.2) is 65.9 Å². The molecule has 4 heterocycles. The molecule has 3 atom stereocenters. The number of amidine groups is 1. The molecule has 4 aliphatic rings. The molecule has 0 bridgehead atoms. The summed E-state index contributed by atoms with van der Waals surface area (Å²) < 4.78 is 5.50. The third-order valence-corrected chi connectivity index (χ3v) is 6.49. The Balaban J connectivity index is 1.37. The van der Waals surface area contributed by atoms with Gasteiger partial charge in [-0.05, 0) is 37.8 Å². The summed E-state index contributed by atoms with van der Waals surface area (Å²) in [6.45, 7) is 3.43. The van der Waals surface area contributed by atoms with Crippen molar-refractivity contribution >= 4 is 18.0 Å². The Labute approximate surface area is 171 Å². The smallest absolute Gasteiger partial charge is 0.238 e. The minimum absolute atomic E-state index is 0.0311.